The predicted octanol–water partition coefficient (Wildman–Crippen LogP) is 2.73. The highest BCUT2D eigenvalue weighted by atomic mass is 19.4. The molecule has 4 nitrogen and oxygen atoms in total. The first-order chi connectivity index (χ1) is 8.45. The number of alkyl halides is 3. The molecule has 1 unspecified atom stereocenters. The fourth-order valence-corrected chi connectivity index (χ4v) is 2.06. The Morgan fingerprint density at radius 2 is 2.17 bits per heavy atom. The van der Waals surface area contributed by atoms with Gasteiger partial charge in [-0.2, -0.15) is 18.4 Å². The van der Waals surface area contributed by atoms with Crippen molar-refractivity contribution in [2.75, 3.05) is 0 Å². The maximum absolute atomic E-state index is 12.7. The van der Waals surface area contributed by atoms with Gasteiger partial charge in [0.25, 0.3) is 0 Å². The normalized spacial score (nSPS) is 18.2. The van der Waals surface area contributed by atoms with Gasteiger partial charge in [-0.05, 0) is 19.8 Å². The zero-order valence-electron chi connectivity index (χ0n) is 9.91. The third kappa shape index (κ3) is 2.19. The molecule has 1 aromatic heterocycles. The van der Waals surface area contributed by atoms with Gasteiger partial charge in [0.15, 0.2) is 0 Å². The molecule has 0 bridgehead atoms. The highest BCUT2D eigenvalue weighted by molar-refractivity contribution is 5.21. The fourth-order valence-electron chi connectivity index (χ4n) is 2.06. The summed E-state index contributed by atoms with van der Waals surface area (Å²) in [7, 11) is 0. The highest BCUT2D eigenvalue weighted by Crippen LogP contribution is 2.40. The van der Waals surface area contributed by atoms with E-state index < -0.39 is 12.2 Å². The third-order valence-corrected chi connectivity index (χ3v) is 3.38. The lowest BCUT2D eigenvalue weighted by Crippen LogP contribution is -2.28. The molecule has 0 amide bonds. The molecule has 1 aromatic rings. The molecule has 1 heterocycles. The van der Waals surface area contributed by atoms with Crippen LogP contribution in [0, 0.1) is 11.3 Å². The first-order valence-electron chi connectivity index (χ1n) is 5.82. The van der Waals surface area contributed by atoms with Crippen LogP contribution >= 0.6 is 0 Å². The summed E-state index contributed by atoms with van der Waals surface area (Å²) in [6.07, 6.45) is -1.65. The largest absolute Gasteiger partial charge is 0.410 e. The number of aromatic nitrogens is 3. The Hall–Kier alpha value is -1.58. The Bertz CT molecular complexity index is 468. The van der Waals surface area contributed by atoms with Gasteiger partial charge in [0.05, 0.1) is 18.2 Å². The lowest BCUT2D eigenvalue weighted by Gasteiger charge is -2.28. The van der Waals surface area contributed by atoms with E-state index in [1.165, 1.54) is 0 Å². The van der Waals surface area contributed by atoms with Crippen LogP contribution in [0.4, 0.5) is 13.2 Å². The van der Waals surface area contributed by atoms with Crippen LogP contribution in [0.1, 0.15) is 49.5 Å². The molecule has 1 fully saturated rings. The summed E-state index contributed by atoms with van der Waals surface area (Å²) < 4.78 is 39.2. The van der Waals surface area contributed by atoms with E-state index in [2.05, 4.69) is 10.3 Å². The number of hydrogen-bond donors (Lipinski definition) is 0. The standard InChI is InChI=1S/C11H13F3N4/c1-7(11(12,13)14)18-10(8-3-2-4-8)9(5-6-15)16-17-18/h7-8H,2-5H2,1H3. The molecular formula is C11H13F3N4. The van der Waals surface area contributed by atoms with Crippen LogP contribution in [0.25, 0.3) is 0 Å². The van der Waals surface area contributed by atoms with Crippen molar-refractivity contribution >= 4 is 0 Å². The van der Waals surface area contributed by atoms with Crippen LogP contribution in [0.5, 0.6) is 0 Å². The number of nitrogens with zero attached hydrogens (tertiary/aromatic N) is 4. The van der Waals surface area contributed by atoms with Crippen molar-refractivity contribution in [3.8, 4) is 6.07 Å². The van der Waals surface area contributed by atoms with Crippen molar-refractivity contribution in [3.63, 3.8) is 0 Å². The molecule has 98 valence electrons. The highest BCUT2D eigenvalue weighted by Gasteiger charge is 2.41. The molecule has 18 heavy (non-hydrogen) atoms. The average Bonchev–Trinajstić information content (AvgIpc) is 2.58. The molecule has 0 saturated heterocycles. The second-order valence-electron chi connectivity index (χ2n) is 4.55. The zero-order chi connectivity index (χ0) is 13.3. The average molecular weight is 258 g/mol. The molecule has 1 aliphatic rings. The lowest BCUT2D eigenvalue weighted by atomic mass is 9.81. The van der Waals surface area contributed by atoms with Crippen molar-refractivity contribution in [2.45, 2.75) is 50.7 Å². The molecule has 0 aromatic carbocycles. The van der Waals surface area contributed by atoms with E-state index in [0.717, 1.165) is 30.9 Å². The second kappa shape index (κ2) is 4.59. The van der Waals surface area contributed by atoms with Crippen LogP contribution in [0.2, 0.25) is 0 Å². The van der Waals surface area contributed by atoms with Gasteiger partial charge in [0.2, 0.25) is 0 Å². The SMILES string of the molecule is CC(n1nnc(CC#N)c1C1CCC1)C(F)(F)F. The summed E-state index contributed by atoms with van der Waals surface area (Å²) in [6.45, 7) is 1.06. The van der Waals surface area contributed by atoms with E-state index >= 15 is 0 Å². The topological polar surface area (TPSA) is 54.5 Å². The van der Waals surface area contributed by atoms with Crippen molar-refractivity contribution in [3.05, 3.63) is 11.4 Å². The second-order valence-corrected chi connectivity index (χ2v) is 4.55. The maximum atomic E-state index is 12.7. The van der Waals surface area contributed by atoms with Crippen LogP contribution in [0.3, 0.4) is 0 Å². The molecule has 2 rings (SSSR count). The van der Waals surface area contributed by atoms with Crippen LogP contribution in [0.15, 0.2) is 0 Å². The van der Waals surface area contributed by atoms with E-state index in [0.29, 0.717) is 11.4 Å². The number of rotatable bonds is 3. The predicted molar refractivity (Wildman–Crippen MR) is 56.7 cm³/mol. The monoisotopic (exact) mass is 258 g/mol. The van der Waals surface area contributed by atoms with Crippen molar-refractivity contribution in [2.24, 2.45) is 0 Å². The van der Waals surface area contributed by atoms with Gasteiger partial charge in [-0.25, -0.2) is 4.68 Å². The fraction of sp³-hybridized carbons (Fsp3) is 0.727. The van der Waals surface area contributed by atoms with Crippen molar-refractivity contribution in [1.29, 1.82) is 5.26 Å². The van der Waals surface area contributed by atoms with Crippen LogP contribution in [-0.4, -0.2) is 21.2 Å². The van der Waals surface area contributed by atoms with Gasteiger partial charge in [0, 0.05) is 5.92 Å². The van der Waals surface area contributed by atoms with Gasteiger partial charge in [-0.3, -0.25) is 0 Å². The maximum Gasteiger partial charge on any atom is 0.410 e. The third-order valence-electron chi connectivity index (χ3n) is 3.38. The summed E-state index contributed by atoms with van der Waals surface area (Å²) in [5.41, 5.74) is 0.880. The lowest BCUT2D eigenvalue weighted by molar-refractivity contribution is -0.166. The Labute approximate surface area is 102 Å². The van der Waals surface area contributed by atoms with E-state index in [4.69, 9.17) is 5.26 Å². The van der Waals surface area contributed by atoms with Gasteiger partial charge < -0.3 is 0 Å². The summed E-state index contributed by atoms with van der Waals surface area (Å²) in [5.74, 6) is 0.0631. The minimum Gasteiger partial charge on any atom is -0.237 e. The molecule has 0 aliphatic heterocycles. The molecular weight excluding hydrogens is 245 g/mol. The molecule has 0 N–H and O–H groups in total. The molecule has 0 spiro atoms. The molecule has 1 saturated carbocycles. The smallest absolute Gasteiger partial charge is 0.237 e. The van der Waals surface area contributed by atoms with Gasteiger partial charge in [-0.1, -0.05) is 11.6 Å². The molecule has 1 atom stereocenters. The minimum atomic E-state index is -4.35. The first kappa shape index (κ1) is 12.9. The Kier molecular flexibility index (Phi) is 3.28. The quantitative estimate of drug-likeness (QED) is 0.837. The summed E-state index contributed by atoms with van der Waals surface area (Å²) in [5, 5.41) is 16.0. The van der Waals surface area contributed by atoms with Crippen LogP contribution in [-0.2, 0) is 6.42 Å². The van der Waals surface area contributed by atoms with E-state index in [1.54, 1.807) is 0 Å². The van der Waals surface area contributed by atoms with Crippen molar-refractivity contribution in [1.82, 2.24) is 15.0 Å². The van der Waals surface area contributed by atoms with E-state index in [-0.39, 0.29) is 12.3 Å². The Balaban J connectivity index is 2.38. The zero-order valence-corrected chi connectivity index (χ0v) is 9.91. The summed E-state index contributed by atoms with van der Waals surface area (Å²) in [4.78, 5) is 0. The summed E-state index contributed by atoms with van der Waals surface area (Å²) >= 11 is 0. The number of nitriles is 1. The summed E-state index contributed by atoms with van der Waals surface area (Å²) in [6, 6.07) is 0.220. The molecule has 1 aliphatic carbocycles. The first-order valence-corrected chi connectivity index (χ1v) is 5.82. The molecule has 7 heteroatoms. The number of halogens is 3. The molecule has 0 radical (unpaired) electrons. The van der Waals surface area contributed by atoms with Gasteiger partial charge in [0.1, 0.15) is 11.7 Å². The Morgan fingerprint density at radius 3 is 2.61 bits per heavy atom. The van der Waals surface area contributed by atoms with Gasteiger partial charge in [-0.15, -0.1) is 5.10 Å². The van der Waals surface area contributed by atoms with E-state index in [1.807, 2.05) is 6.07 Å². The Morgan fingerprint density at radius 1 is 1.50 bits per heavy atom. The van der Waals surface area contributed by atoms with Crippen LogP contribution < -0.4 is 0 Å². The van der Waals surface area contributed by atoms with Crippen molar-refractivity contribution < 1.29 is 13.2 Å². The number of hydrogen-bond acceptors (Lipinski definition) is 3. The van der Waals surface area contributed by atoms with Gasteiger partial charge >= 0.3 is 6.18 Å². The minimum absolute atomic E-state index is 0.0103. The van der Waals surface area contributed by atoms with E-state index in [9.17, 15) is 13.2 Å².